The van der Waals surface area contributed by atoms with Crippen LogP contribution >= 0.6 is 0 Å². The van der Waals surface area contributed by atoms with Gasteiger partial charge < -0.3 is 9.47 Å². The first-order valence-corrected chi connectivity index (χ1v) is 10.2. The summed E-state index contributed by atoms with van der Waals surface area (Å²) < 4.78 is 10.4. The van der Waals surface area contributed by atoms with E-state index in [1.807, 2.05) is 25.2 Å². The van der Waals surface area contributed by atoms with E-state index in [0.717, 1.165) is 17.6 Å². The first-order chi connectivity index (χ1) is 15.3. The second-order valence-corrected chi connectivity index (χ2v) is 7.52. The number of pyridine rings is 1. The number of hydrogen-bond acceptors (Lipinski definition) is 5. The number of nitrogens with zero attached hydrogens (tertiary/aromatic N) is 3. The van der Waals surface area contributed by atoms with Gasteiger partial charge in [0.05, 0.1) is 31.1 Å². The fourth-order valence-corrected chi connectivity index (χ4v) is 3.62. The number of rotatable bonds is 3. The van der Waals surface area contributed by atoms with Crippen LogP contribution in [0.15, 0.2) is 96.0 Å². The summed E-state index contributed by atoms with van der Waals surface area (Å²) in [5.74, 6) is 0.181. The Balaban J connectivity index is 1.99. The molecule has 1 aliphatic carbocycles. The number of aromatic nitrogens is 1. The average Bonchev–Trinajstić information content (AvgIpc) is 3.00. The maximum absolute atomic E-state index is 13.1. The summed E-state index contributed by atoms with van der Waals surface area (Å²) in [6.45, 7) is 12.3. The number of carbonyl (C=O) groups is 2. The molecule has 1 atom stereocenters. The Kier molecular flexibility index (Phi) is 7.10. The van der Waals surface area contributed by atoms with Crippen molar-refractivity contribution in [1.82, 2.24) is 14.8 Å². The maximum Gasteiger partial charge on any atom is 0.421 e. The van der Waals surface area contributed by atoms with Gasteiger partial charge in [-0.2, -0.15) is 0 Å². The zero-order valence-corrected chi connectivity index (χ0v) is 18.6. The molecule has 166 valence electrons. The highest BCUT2D eigenvalue weighted by Gasteiger charge is 2.38. The van der Waals surface area contributed by atoms with Crippen molar-refractivity contribution in [3.05, 3.63) is 96.0 Å². The van der Waals surface area contributed by atoms with Gasteiger partial charge in [0.1, 0.15) is 0 Å². The summed E-state index contributed by atoms with van der Waals surface area (Å²) in [6, 6.07) is 4.68. The van der Waals surface area contributed by atoms with Gasteiger partial charge in [-0.25, -0.2) is 14.6 Å². The number of methoxy groups -OCH3 is 1. The van der Waals surface area contributed by atoms with Crippen LogP contribution in [0.3, 0.4) is 0 Å². The van der Waals surface area contributed by atoms with Crippen LogP contribution in [0.1, 0.15) is 20.3 Å². The molecule has 2 heterocycles. The second-order valence-electron chi connectivity index (χ2n) is 7.52. The zero-order chi connectivity index (χ0) is 23.3. The summed E-state index contributed by atoms with van der Waals surface area (Å²) in [4.78, 5) is 32.4. The zero-order valence-electron chi connectivity index (χ0n) is 18.6. The lowest BCUT2D eigenvalue weighted by molar-refractivity contribution is 0.0972. The number of carbonyl (C=O) groups excluding carboxylic acids is 2. The van der Waals surface area contributed by atoms with E-state index in [9.17, 15) is 9.59 Å². The highest BCUT2D eigenvalue weighted by molar-refractivity contribution is 5.78. The molecule has 1 fully saturated rings. The van der Waals surface area contributed by atoms with E-state index in [4.69, 9.17) is 9.47 Å². The van der Waals surface area contributed by atoms with Crippen LogP contribution in [-0.4, -0.2) is 46.7 Å². The summed E-state index contributed by atoms with van der Waals surface area (Å²) in [6.07, 6.45) is 10.9. The van der Waals surface area contributed by atoms with Gasteiger partial charge in [-0.1, -0.05) is 49.1 Å². The summed E-state index contributed by atoms with van der Waals surface area (Å²) in [5.41, 5.74) is 3.51. The van der Waals surface area contributed by atoms with Crippen LogP contribution in [0.5, 0.6) is 5.88 Å². The van der Waals surface area contributed by atoms with E-state index in [0.29, 0.717) is 17.0 Å². The molecule has 7 heteroatoms. The molecule has 0 spiro atoms. The molecule has 1 saturated heterocycles. The minimum Gasteiger partial charge on any atom is -0.452 e. The fourth-order valence-electron chi connectivity index (χ4n) is 3.62. The van der Waals surface area contributed by atoms with Gasteiger partial charge in [0.2, 0.25) is 5.88 Å². The van der Waals surface area contributed by atoms with Gasteiger partial charge in [-0.05, 0) is 43.6 Å². The lowest BCUT2D eigenvalue weighted by Gasteiger charge is -2.41. The number of amides is 2. The minimum absolute atomic E-state index is 0.181. The quantitative estimate of drug-likeness (QED) is 0.660. The van der Waals surface area contributed by atoms with Crippen molar-refractivity contribution in [3.8, 4) is 5.88 Å². The Morgan fingerprint density at radius 3 is 2.72 bits per heavy atom. The standard InChI is InChI=1S/C25H27N3O4/c1-17-11-7-6-8-12-21(17)18(2)15-22-20(4)28(25(30)31-5)19(3)16-27(22)24(29)32-23-13-9-10-14-26-23/h6-10,12-15,19H,2,4,11,16H2,1,3,5H3/b22-15+. The topological polar surface area (TPSA) is 72.0 Å². The molecule has 32 heavy (non-hydrogen) atoms. The Bertz CT molecular complexity index is 1050. The smallest absolute Gasteiger partial charge is 0.421 e. The van der Waals surface area contributed by atoms with E-state index in [1.165, 1.54) is 16.9 Å². The Morgan fingerprint density at radius 1 is 1.25 bits per heavy atom. The Hall–Kier alpha value is -3.87. The predicted octanol–water partition coefficient (Wildman–Crippen LogP) is 5.14. The van der Waals surface area contributed by atoms with Crippen molar-refractivity contribution >= 4 is 12.2 Å². The molecule has 1 aliphatic heterocycles. The van der Waals surface area contributed by atoms with E-state index in [1.54, 1.807) is 37.4 Å². The highest BCUT2D eigenvalue weighted by atomic mass is 16.6. The highest BCUT2D eigenvalue weighted by Crippen LogP contribution is 2.31. The number of piperazine rings is 1. The van der Waals surface area contributed by atoms with Gasteiger partial charge in [-0.15, -0.1) is 0 Å². The number of ether oxygens (including phenoxy) is 2. The van der Waals surface area contributed by atoms with Crippen LogP contribution in [0.25, 0.3) is 0 Å². The number of hydrogen-bond donors (Lipinski definition) is 0. The van der Waals surface area contributed by atoms with Crippen molar-refractivity contribution in [2.24, 2.45) is 0 Å². The number of allylic oxidation sites excluding steroid dienone is 8. The molecule has 0 bridgehead atoms. The molecule has 2 amide bonds. The Morgan fingerprint density at radius 2 is 2.03 bits per heavy atom. The van der Waals surface area contributed by atoms with Gasteiger partial charge in [0.15, 0.2) is 0 Å². The summed E-state index contributed by atoms with van der Waals surface area (Å²) in [7, 11) is 1.31. The van der Waals surface area contributed by atoms with Crippen LogP contribution in [0, 0.1) is 0 Å². The van der Waals surface area contributed by atoms with E-state index >= 15 is 0 Å². The third-order valence-corrected chi connectivity index (χ3v) is 5.24. The van der Waals surface area contributed by atoms with Crippen molar-refractivity contribution in [2.45, 2.75) is 26.3 Å². The van der Waals surface area contributed by atoms with Crippen molar-refractivity contribution in [3.63, 3.8) is 0 Å². The molecule has 0 aromatic carbocycles. The largest absolute Gasteiger partial charge is 0.452 e. The third-order valence-electron chi connectivity index (χ3n) is 5.24. The van der Waals surface area contributed by atoms with E-state index in [2.05, 4.69) is 24.2 Å². The molecule has 1 aromatic rings. The molecule has 7 nitrogen and oxygen atoms in total. The molecule has 2 aliphatic rings. The molecular weight excluding hydrogens is 406 g/mol. The van der Waals surface area contributed by atoms with E-state index in [-0.39, 0.29) is 18.5 Å². The average molecular weight is 434 g/mol. The van der Waals surface area contributed by atoms with Crippen LogP contribution < -0.4 is 4.74 Å². The van der Waals surface area contributed by atoms with Crippen molar-refractivity contribution in [2.75, 3.05) is 13.7 Å². The molecule has 0 N–H and O–H groups in total. The predicted molar refractivity (Wildman–Crippen MR) is 123 cm³/mol. The molecule has 3 rings (SSSR count). The minimum atomic E-state index is -0.621. The Labute approximate surface area is 188 Å². The van der Waals surface area contributed by atoms with Gasteiger partial charge in [0.25, 0.3) is 0 Å². The van der Waals surface area contributed by atoms with Gasteiger partial charge >= 0.3 is 12.2 Å². The lowest BCUT2D eigenvalue weighted by Crippen LogP contribution is -2.53. The van der Waals surface area contributed by atoms with E-state index < -0.39 is 12.2 Å². The lowest BCUT2D eigenvalue weighted by atomic mass is 9.98. The van der Waals surface area contributed by atoms with Crippen LogP contribution in [0.2, 0.25) is 0 Å². The molecule has 0 saturated carbocycles. The van der Waals surface area contributed by atoms with Gasteiger partial charge in [0, 0.05) is 12.3 Å². The summed E-state index contributed by atoms with van der Waals surface area (Å²) in [5, 5.41) is 0. The first kappa shape index (κ1) is 22.8. The van der Waals surface area contributed by atoms with Gasteiger partial charge in [-0.3, -0.25) is 9.80 Å². The molecule has 1 aromatic heterocycles. The molecular formula is C25H27N3O4. The SMILES string of the molecule is C=C(/C=C1\C(=C)N(C(=O)OC)C(C)CN1C(=O)Oc1ccccn1)C1=C(C)CC=CC=C1. The van der Waals surface area contributed by atoms with Crippen LogP contribution in [0.4, 0.5) is 9.59 Å². The fraction of sp³-hybridized carbons (Fsp3) is 0.240. The maximum atomic E-state index is 13.1. The monoisotopic (exact) mass is 433 g/mol. The van der Waals surface area contributed by atoms with Crippen molar-refractivity contribution < 1.29 is 19.1 Å². The van der Waals surface area contributed by atoms with Crippen LogP contribution in [-0.2, 0) is 4.74 Å². The second kappa shape index (κ2) is 9.96. The third kappa shape index (κ3) is 4.88. The normalized spacial score (nSPS) is 19.8. The molecule has 1 unspecified atom stereocenters. The molecule has 0 radical (unpaired) electrons. The summed E-state index contributed by atoms with van der Waals surface area (Å²) >= 11 is 0. The van der Waals surface area contributed by atoms with Crippen molar-refractivity contribution in [1.29, 1.82) is 0 Å². The first-order valence-electron chi connectivity index (χ1n) is 10.2.